The van der Waals surface area contributed by atoms with Gasteiger partial charge in [-0.25, -0.2) is 0 Å². The molecular formula is C17H19BrINO. The quantitative estimate of drug-likeness (QED) is 0.630. The second-order valence-electron chi connectivity index (χ2n) is 4.88. The molecule has 2 aromatic carbocycles. The lowest BCUT2D eigenvalue weighted by molar-refractivity contribution is 0.414. The van der Waals surface area contributed by atoms with Crippen molar-refractivity contribution < 1.29 is 4.74 Å². The standard InChI is InChI=1S/C17H19BrINO/c1-4-20-17(15-10-12(18)5-8-16(15)19)14-7-6-13(21-3)9-11(14)2/h5-10,17,20H,4H2,1-3H3. The van der Waals surface area contributed by atoms with E-state index in [0.29, 0.717) is 0 Å². The van der Waals surface area contributed by atoms with Gasteiger partial charge in [0.15, 0.2) is 0 Å². The Balaban J connectivity index is 2.50. The number of ether oxygens (including phenoxy) is 1. The van der Waals surface area contributed by atoms with Gasteiger partial charge in [-0.2, -0.15) is 0 Å². The Hall–Kier alpha value is -0.590. The van der Waals surface area contributed by atoms with Crippen LogP contribution in [-0.4, -0.2) is 13.7 Å². The number of benzene rings is 2. The average molecular weight is 460 g/mol. The van der Waals surface area contributed by atoms with Gasteiger partial charge in [-0.15, -0.1) is 0 Å². The maximum absolute atomic E-state index is 5.31. The molecule has 0 spiro atoms. The van der Waals surface area contributed by atoms with Gasteiger partial charge in [-0.05, 0) is 83.1 Å². The van der Waals surface area contributed by atoms with E-state index < -0.39 is 0 Å². The molecule has 0 aliphatic rings. The minimum absolute atomic E-state index is 0.185. The molecule has 0 radical (unpaired) electrons. The van der Waals surface area contributed by atoms with Gasteiger partial charge in [0.2, 0.25) is 0 Å². The number of nitrogens with one attached hydrogen (secondary N) is 1. The molecule has 0 aliphatic carbocycles. The Bertz CT molecular complexity index is 630. The van der Waals surface area contributed by atoms with E-state index >= 15 is 0 Å². The van der Waals surface area contributed by atoms with Crippen LogP contribution in [0.3, 0.4) is 0 Å². The van der Waals surface area contributed by atoms with Crippen LogP contribution in [0.1, 0.15) is 29.7 Å². The van der Waals surface area contributed by atoms with E-state index in [1.807, 2.05) is 6.07 Å². The van der Waals surface area contributed by atoms with Gasteiger partial charge < -0.3 is 10.1 Å². The molecular weight excluding hydrogens is 441 g/mol. The van der Waals surface area contributed by atoms with Crippen molar-refractivity contribution in [1.29, 1.82) is 0 Å². The van der Waals surface area contributed by atoms with Crippen LogP contribution in [0.15, 0.2) is 40.9 Å². The summed E-state index contributed by atoms with van der Waals surface area (Å²) in [5.41, 5.74) is 3.81. The highest BCUT2D eigenvalue weighted by Crippen LogP contribution is 2.31. The molecule has 0 saturated heterocycles. The second kappa shape index (κ2) is 7.61. The molecule has 0 heterocycles. The summed E-state index contributed by atoms with van der Waals surface area (Å²) in [5, 5.41) is 3.60. The molecule has 0 bridgehead atoms. The van der Waals surface area contributed by atoms with Gasteiger partial charge in [0.1, 0.15) is 5.75 Å². The first-order chi connectivity index (χ1) is 10.1. The van der Waals surface area contributed by atoms with Crippen LogP contribution in [0, 0.1) is 10.5 Å². The third-order valence-corrected chi connectivity index (χ3v) is 4.94. The Labute approximate surface area is 148 Å². The number of aryl methyl sites for hydroxylation is 1. The average Bonchev–Trinajstić information content (AvgIpc) is 2.48. The molecule has 21 heavy (non-hydrogen) atoms. The number of rotatable bonds is 5. The summed E-state index contributed by atoms with van der Waals surface area (Å²) in [6, 6.07) is 12.9. The largest absolute Gasteiger partial charge is 0.497 e. The fourth-order valence-corrected chi connectivity index (χ4v) is 3.45. The van der Waals surface area contributed by atoms with Gasteiger partial charge in [0, 0.05) is 8.04 Å². The lowest BCUT2D eigenvalue weighted by Gasteiger charge is -2.23. The summed E-state index contributed by atoms with van der Waals surface area (Å²) in [5.74, 6) is 0.899. The predicted molar refractivity (Wildman–Crippen MR) is 100 cm³/mol. The zero-order valence-corrected chi connectivity index (χ0v) is 16.2. The Morgan fingerprint density at radius 1 is 1.19 bits per heavy atom. The van der Waals surface area contributed by atoms with E-state index in [4.69, 9.17) is 4.74 Å². The number of methoxy groups -OCH3 is 1. The van der Waals surface area contributed by atoms with E-state index in [-0.39, 0.29) is 6.04 Å². The van der Waals surface area contributed by atoms with Crippen molar-refractivity contribution in [2.24, 2.45) is 0 Å². The third-order valence-electron chi connectivity index (χ3n) is 3.47. The molecule has 2 rings (SSSR count). The highest BCUT2D eigenvalue weighted by Gasteiger charge is 2.18. The number of hydrogen-bond donors (Lipinski definition) is 1. The topological polar surface area (TPSA) is 21.3 Å². The molecule has 2 nitrogen and oxygen atoms in total. The van der Waals surface area contributed by atoms with E-state index in [2.05, 4.69) is 88.0 Å². The van der Waals surface area contributed by atoms with Gasteiger partial charge in [0.05, 0.1) is 13.2 Å². The SMILES string of the molecule is CCNC(c1ccc(OC)cc1C)c1cc(Br)ccc1I. The van der Waals surface area contributed by atoms with Crippen molar-refractivity contribution in [3.63, 3.8) is 0 Å². The normalized spacial score (nSPS) is 12.2. The fourth-order valence-electron chi connectivity index (χ4n) is 2.43. The molecule has 0 aromatic heterocycles. The smallest absolute Gasteiger partial charge is 0.119 e. The molecule has 0 amide bonds. The molecule has 0 aliphatic heterocycles. The molecule has 4 heteroatoms. The first kappa shape index (κ1) is 16.8. The maximum Gasteiger partial charge on any atom is 0.119 e. The third kappa shape index (κ3) is 3.99. The molecule has 1 unspecified atom stereocenters. The van der Waals surface area contributed by atoms with E-state index in [9.17, 15) is 0 Å². The summed E-state index contributed by atoms with van der Waals surface area (Å²) < 4.78 is 7.67. The maximum atomic E-state index is 5.31. The zero-order chi connectivity index (χ0) is 15.4. The fraction of sp³-hybridized carbons (Fsp3) is 0.294. The van der Waals surface area contributed by atoms with Crippen molar-refractivity contribution in [2.75, 3.05) is 13.7 Å². The minimum atomic E-state index is 0.185. The van der Waals surface area contributed by atoms with Gasteiger partial charge in [-0.3, -0.25) is 0 Å². The van der Waals surface area contributed by atoms with Crippen LogP contribution in [0.4, 0.5) is 0 Å². The Morgan fingerprint density at radius 3 is 2.57 bits per heavy atom. The summed E-state index contributed by atoms with van der Waals surface area (Å²) in [6.07, 6.45) is 0. The van der Waals surface area contributed by atoms with Crippen LogP contribution < -0.4 is 10.1 Å². The van der Waals surface area contributed by atoms with Crippen molar-refractivity contribution >= 4 is 38.5 Å². The molecule has 112 valence electrons. The summed E-state index contributed by atoms with van der Waals surface area (Å²) in [4.78, 5) is 0. The minimum Gasteiger partial charge on any atom is -0.497 e. The number of hydrogen-bond acceptors (Lipinski definition) is 2. The van der Waals surface area contributed by atoms with Crippen LogP contribution in [-0.2, 0) is 0 Å². The lowest BCUT2D eigenvalue weighted by atomic mass is 9.95. The van der Waals surface area contributed by atoms with Crippen LogP contribution >= 0.6 is 38.5 Å². The summed E-state index contributed by atoms with van der Waals surface area (Å²) in [6.45, 7) is 5.18. The van der Waals surface area contributed by atoms with Gasteiger partial charge >= 0.3 is 0 Å². The van der Waals surface area contributed by atoms with E-state index in [0.717, 1.165) is 16.8 Å². The first-order valence-corrected chi connectivity index (χ1v) is 8.76. The summed E-state index contributed by atoms with van der Waals surface area (Å²) >= 11 is 5.98. The molecule has 1 atom stereocenters. The second-order valence-corrected chi connectivity index (χ2v) is 6.96. The molecule has 0 fully saturated rings. The van der Waals surface area contributed by atoms with Crippen LogP contribution in [0.2, 0.25) is 0 Å². The lowest BCUT2D eigenvalue weighted by Crippen LogP contribution is -2.23. The predicted octanol–water partition coefficient (Wildman–Crippen LogP) is 5.07. The highest BCUT2D eigenvalue weighted by molar-refractivity contribution is 14.1. The van der Waals surface area contributed by atoms with Crippen LogP contribution in [0.5, 0.6) is 5.75 Å². The summed E-state index contributed by atoms with van der Waals surface area (Å²) in [7, 11) is 1.70. The zero-order valence-electron chi connectivity index (χ0n) is 12.4. The molecule has 1 N–H and O–H groups in total. The molecule has 0 saturated carbocycles. The van der Waals surface area contributed by atoms with E-state index in [1.165, 1.54) is 20.3 Å². The van der Waals surface area contributed by atoms with Gasteiger partial charge in [-0.1, -0.05) is 28.9 Å². The highest BCUT2D eigenvalue weighted by atomic mass is 127. The Morgan fingerprint density at radius 2 is 1.95 bits per heavy atom. The Kier molecular flexibility index (Phi) is 6.08. The van der Waals surface area contributed by atoms with Gasteiger partial charge in [0.25, 0.3) is 0 Å². The number of halogens is 2. The van der Waals surface area contributed by atoms with E-state index in [1.54, 1.807) is 7.11 Å². The monoisotopic (exact) mass is 459 g/mol. The van der Waals surface area contributed by atoms with Crippen molar-refractivity contribution in [1.82, 2.24) is 5.32 Å². The van der Waals surface area contributed by atoms with Crippen molar-refractivity contribution in [3.8, 4) is 5.75 Å². The first-order valence-electron chi connectivity index (χ1n) is 6.89. The van der Waals surface area contributed by atoms with Crippen molar-refractivity contribution in [2.45, 2.75) is 19.9 Å². The molecule has 2 aromatic rings. The van der Waals surface area contributed by atoms with Crippen molar-refractivity contribution in [3.05, 3.63) is 61.1 Å². The van der Waals surface area contributed by atoms with Crippen LogP contribution in [0.25, 0.3) is 0 Å².